The van der Waals surface area contributed by atoms with Crippen molar-refractivity contribution < 1.29 is 24.1 Å². The highest BCUT2D eigenvalue weighted by atomic mass is 16.7. The molecule has 2 atom stereocenters. The number of carbonyl (C=O) groups excluding carboxylic acids is 1. The second-order valence-corrected chi connectivity index (χ2v) is 8.99. The molecule has 6 heteroatoms. The fourth-order valence-electron chi connectivity index (χ4n) is 4.72. The molecule has 5 rings (SSSR count). The van der Waals surface area contributed by atoms with Crippen LogP contribution in [0.4, 0.5) is 0 Å². The molecule has 0 spiro atoms. The van der Waals surface area contributed by atoms with Crippen molar-refractivity contribution in [3.05, 3.63) is 71.0 Å². The average Bonchev–Trinajstić information content (AvgIpc) is 3.60. The number of fused-ring (bicyclic) bond motifs is 3. The van der Waals surface area contributed by atoms with Crippen LogP contribution in [-0.2, 0) is 25.4 Å². The quantitative estimate of drug-likeness (QED) is 0.463. The molecular formula is C27H31NO5. The van der Waals surface area contributed by atoms with E-state index in [1.165, 1.54) is 40.7 Å². The highest BCUT2D eigenvalue weighted by Gasteiger charge is 2.32. The Morgan fingerprint density at radius 2 is 1.91 bits per heavy atom. The molecule has 1 amide bonds. The Hall–Kier alpha value is -2.67. The van der Waals surface area contributed by atoms with Gasteiger partial charge in [-0.2, -0.15) is 0 Å². The molecule has 1 heterocycles. The van der Waals surface area contributed by atoms with E-state index in [2.05, 4.69) is 47.8 Å². The lowest BCUT2D eigenvalue weighted by Crippen LogP contribution is -2.34. The Kier molecular flexibility index (Phi) is 6.76. The molecule has 1 aliphatic heterocycles. The lowest BCUT2D eigenvalue weighted by molar-refractivity contribution is -0.151. The number of carbonyl (C=O) groups is 1. The van der Waals surface area contributed by atoms with Gasteiger partial charge in [-0.1, -0.05) is 42.5 Å². The van der Waals surface area contributed by atoms with Gasteiger partial charge in [-0.25, -0.2) is 0 Å². The standard InChI is InChI=1S/C27H31NO5/c29-10-11-31-12-13-32-26-16-20(15-25(33-26)27(30)28-17-18-8-9-18)22-6-3-7-23-21-5-2-1-4-19(21)14-24(22)23/h1-7,15,18,20,26,29H,8-14,16-17H2,(H,28,30)/t20-,26+/m0/s1. The van der Waals surface area contributed by atoms with E-state index < -0.39 is 6.29 Å². The highest BCUT2D eigenvalue weighted by Crippen LogP contribution is 2.42. The topological polar surface area (TPSA) is 77.0 Å². The average molecular weight is 450 g/mol. The number of hydrogen-bond donors (Lipinski definition) is 2. The van der Waals surface area contributed by atoms with Crippen molar-refractivity contribution in [2.45, 2.75) is 37.9 Å². The number of benzene rings is 2. The van der Waals surface area contributed by atoms with Gasteiger partial charge in [0.2, 0.25) is 6.29 Å². The van der Waals surface area contributed by atoms with Crippen molar-refractivity contribution in [2.75, 3.05) is 33.0 Å². The molecular weight excluding hydrogens is 418 g/mol. The molecule has 0 saturated heterocycles. The number of aliphatic hydroxyl groups is 1. The summed E-state index contributed by atoms with van der Waals surface area (Å²) in [5, 5.41) is 11.9. The molecule has 1 fully saturated rings. The zero-order chi connectivity index (χ0) is 22.6. The van der Waals surface area contributed by atoms with E-state index in [1.54, 1.807) is 0 Å². The number of amides is 1. The van der Waals surface area contributed by atoms with Crippen LogP contribution in [0, 0.1) is 5.92 Å². The maximum atomic E-state index is 12.9. The van der Waals surface area contributed by atoms with Crippen molar-refractivity contribution in [3.63, 3.8) is 0 Å². The zero-order valence-electron chi connectivity index (χ0n) is 18.8. The second-order valence-electron chi connectivity index (χ2n) is 8.99. The van der Waals surface area contributed by atoms with Crippen molar-refractivity contribution in [1.29, 1.82) is 0 Å². The molecule has 3 aliphatic rings. The number of aliphatic hydroxyl groups excluding tert-OH is 1. The summed E-state index contributed by atoms with van der Waals surface area (Å²) in [5.41, 5.74) is 6.46. The van der Waals surface area contributed by atoms with E-state index in [4.69, 9.17) is 19.3 Å². The minimum Gasteiger partial charge on any atom is -0.459 e. The third kappa shape index (κ3) is 5.13. The minimum absolute atomic E-state index is 0.0163. The highest BCUT2D eigenvalue weighted by molar-refractivity contribution is 5.91. The van der Waals surface area contributed by atoms with Crippen molar-refractivity contribution in [3.8, 4) is 11.1 Å². The normalized spacial score (nSPS) is 21.1. The lowest BCUT2D eigenvalue weighted by Gasteiger charge is -2.30. The molecule has 2 N–H and O–H groups in total. The first-order valence-corrected chi connectivity index (χ1v) is 11.9. The van der Waals surface area contributed by atoms with Gasteiger partial charge in [0.25, 0.3) is 5.91 Å². The summed E-state index contributed by atoms with van der Waals surface area (Å²) in [6.07, 6.45) is 5.32. The largest absolute Gasteiger partial charge is 0.459 e. The van der Waals surface area contributed by atoms with Crippen LogP contribution in [0.5, 0.6) is 0 Å². The SMILES string of the molecule is O=C(NCC1CC1)C1=C[C@H](c2cccc3c2Cc2ccccc2-3)C[C@H](OCCOCCO)O1. The summed E-state index contributed by atoms with van der Waals surface area (Å²) in [6, 6.07) is 15.0. The first kappa shape index (κ1) is 22.1. The summed E-state index contributed by atoms with van der Waals surface area (Å²) in [6.45, 7) is 1.67. The summed E-state index contributed by atoms with van der Waals surface area (Å²) >= 11 is 0. The van der Waals surface area contributed by atoms with Gasteiger partial charge in [-0.3, -0.25) is 4.79 Å². The Morgan fingerprint density at radius 1 is 1.06 bits per heavy atom. The first-order valence-electron chi connectivity index (χ1n) is 11.9. The van der Waals surface area contributed by atoms with Crippen LogP contribution in [0.15, 0.2) is 54.3 Å². The molecule has 0 unspecified atom stereocenters. The van der Waals surface area contributed by atoms with Crippen molar-refractivity contribution >= 4 is 5.91 Å². The predicted octanol–water partition coefficient (Wildman–Crippen LogP) is 3.52. The molecule has 2 aromatic rings. The van der Waals surface area contributed by atoms with Gasteiger partial charge in [0, 0.05) is 18.9 Å². The zero-order valence-corrected chi connectivity index (χ0v) is 18.8. The Bertz CT molecular complexity index is 1030. The van der Waals surface area contributed by atoms with E-state index in [0.29, 0.717) is 37.9 Å². The Labute approximate surface area is 194 Å². The maximum absolute atomic E-state index is 12.9. The smallest absolute Gasteiger partial charge is 0.286 e. The van der Waals surface area contributed by atoms with E-state index in [-0.39, 0.29) is 25.0 Å². The lowest BCUT2D eigenvalue weighted by atomic mass is 9.87. The fourth-order valence-corrected chi connectivity index (χ4v) is 4.72. The van der Waals surface area contributed by atoms with Gasteiger partial charge in [0.05, 0.1) is 26.4 Å². The molecule has 1 saturated carbocycles. The minimum atomic E-state index is -0.529. The van der Waals surface area contributed by atoms with E-state index in [1.807, 2.05) is 6.08 Å². The van der Waals surface area contributed by atoms with Crippen LogP contribution in [0.2, 0.25) is 0 Å². The molecule has 2 aliphatic carbocycles. The third-order valence-electron chi connectivity index (χ3n) is 6.58. The third-order valence-corrected chi connectivity index (χ3v) is 6.58. The van der Waals surface area contributed by atoms with Gasteiger partial charge in [-0.05, 0) is 59.1 Å². The van der Waals surface area contributed by atoms with Crippen molar-refractivity contribution in [2.24, 2.45) is 5.92 Å². The monoisotopic (exact) mass is 449 g/mol. The summed E-state index contributed by atoms with van der Waals surface area (Å²) in [5.74, 6) is 0.780. The van der Waals surface area contributed by atoms with Crippen LogP contribution < -0.4 is 5.32 Å². The Morgan fingerprint density at radius 3 is 2.76 bits per heavy atom. The van der Waals surface area contributed by atoms with Gasteiger partial charge in [-0.15, -0.1) is 0 Å². The molecule has 0 radical (unpaired) electrons. The van der Waals surface area contributed by atoms with E-state index in [0.717, 1.165) is 6.42 Å². The van der Waals surface area contributed by atoms with Gasteiger partial charge < -0.3 is 24.6 Å². The van der Waals surface area contributed by atoms with E-state index in [9.17, 15) is 4.79 Å². The molecule has 33 heavy (non-hydrogen) atoms. The van der Waals surface area contributed by atoms with Crippen LogP contribution in [0.3, 0.4) is 0 Å². The van der Waals surface area contributed by atoms with Crippen molar-refractivity contribution in [1.82, 2.24) is 5.32 Å². The number of ether oxygens (including phenoxy) is 3. The van der Waals surface area contributed by atoms with Crippen LogP contribution >= 0.6 is 0 Å². The number of hydrogen-bond acceptors (Lipinski definition) is 5. The van der Waals surface area contributed by atoms with E-state index >= 15 is 0 Å². The second kappa shape index (κ2) is 10.1. The molecule has 174 valence electrons. The van der Waals surface area contributed by atoms with Gasteiger partial charge >= 0.3 is 0 Å². The Balaban J connectivity index is 1.36. The van der Waals surface area contributed by atoms with Crippen LogP contribution in [0.1, 0.15) is 41.9 Å². The maximum Gasteiger partial charge on any atom is 0.286 e. The molecule has 2 aromatic carbocycles. The van der Waals surface area contributed by atoms with Crippen LogP contribution in [-0.4, -0.2) is 50.3 Å². The molecule has 6 nitrogen and oxygen atoms in total. The first-order chi connectivity index (χ1) is 16.2. The summed E-state index contributed by atoms with van der Waals surface area (Å²) < 4.78 is 17.2. The molecule has 0 aromatic heterocycles. The number of nitrogens with one attached hydrogen (secondary N) is 1. The fraction of sp³-hybridized carbons (Fsp3) is 0.444. The van der Waals surface area contributed by atoms with Gasteiger partial charge in [0.15, 0.2) is 5.76 Å². The predicted molar refractivity (Wildman–Crippen MR) is 125 cm³/mol. The van der Waals surface area contributed by atoms with Gasteiger partial charge in [0.1, 0.15) is 0 Å². The number of allylic oxidation sites excluding steroid dienone is 1. The molecule has 0 bridgehead atoms. The summed E-state index contributed by atoms with van der Waals surface area (Å²) in [7, 11) is 0. The number of rotatable bonds is 10. The summed E-state index contributed by atoms with van der Waals surface area (Å²) in [4.78, 5) is 12.9. The van der Waals surface area contributed by atoms with Crippen LogP contribution in [0.25, 0.3) is 11.1 Å².